The number of hydrogen-bond acceptors (Lipinski definition) is 13. The maximum atomic E-state index is 14.4. The first-order valence-electron chi connectivity index (χ1n) is 24.3. The van der Waals surface area contributed by atoms with E-state index < -0.39 is 83.9 Å². The van der Waals surface area contributed by atoms with E-state index >= 15 is 0 Å². The van der Waals surface area contributed by atoms with Gasteiger partial charge in [-0.3, -0.25) is 19.2 Å². The van der Waals surface area contributed by atoms with Gasteiger partial charge in [-0.2, -0.15) is 0 Å². The van der Waals surface area contributed by atoms with E-state index in [1.54, 1.807) is 41.1 Å². The van der Waals surface area contributed by atoms with E-state index in [2.05, 4.69) is 0 Å². The number of aliphatic hydroxyl groups excluding tert-OH is 2. The summed E-state index contributed by atoms with van der Waals surface area (Å²) in [5.41, 5.74) is 2.23. The van der Waals surface area contributed by atoms with Crippen molar-refractivity contribution in [2.24, 2.45) is 35.5 Å². The lowest BCUT2D eigenvalue weighted by atomic mass is 9.78. The molecule has 0 radical (unpaired) electrons. The van der Waals surface area contributed by atoms with Gasteiger partial charge in [0.1, 0.15) is 30.1 Å². The van der Waals surface area contributed by atoms with Crippen molar-refractivity contribution in [1.29, 1.82) is 0 Å². The second kappa shape index (κ2) is 25.3. The number of piperidine rings is 1. The maximum Gasteiger partial charge on any atom is 0.329 e. The van der Waals surface area contributed by atoms with Gasteiger partial charge in [0.15, 0.2) is 5.78 Å². The minimum atomic E-state index is -2.43. The Balaban J connectivity index is 1.72. The number of esters is 1. The molecule has 372 valence electrons. The van der Waals surface area contributed by atoms with E-state index in [1.807, 2.05) is 58.9 Å². The number of Topliss-reactive ketones (excluding diaryl/α,β-unsaturated/α-hetero) is 3. The topological polar surface area (TPSA) is 195 Å². The second-order valence-electron chi connectivity index (χ2n) is 20.1. The molecule has 2 saturated heterocycles. The molecule has 1 aliphatic carbocycles. The van der Waals surface area contributed by atoms with Crippen LogP contribution in [-0.4, -0.2) is 132 Å². The van der Waals surface area contributed by atoms with Crippen molar-refractivity contribution in [3.8, 4) is 0 Å². The number of carbonyl (C=O) groups is 5. The number of ether oxygens (including phenoxy) is 5. The fraction of sp³-hybridized carbons (Fsp3) is 0.750. The summed E-state index contributed by atoms with van der Waals surface area (Å²) >= 11 is 0. The Bertz CT molecular complexity index is 1800. The van der Waals surface area contributed by atoms with Crippen LogP contribution < -0.4 is 0 Å². The Morgan fingerprint density at radius 2 is 1.58 bits per heavy atom. The van der Waals surface area contributed by atoms with Crippen LogP contribution in [-0.2, 0) is 47.7 Å². The number of amides is 1. The second-order valence-corrected chi connectivity index (χ2v) is 20.1. The van der Waals surface area contributed by atoms with Gasteiger partial charge in [-0.05, 0) is 114 Å². The Hall–Kier alpha value is -3.37. The van der Waals surface area contributed by atoms with Crippen LogP contribution in [0.4, 0.5) is 0 Å². The van der Waals surface area contributed by atoms with Crippen molar-refractivity contribution in [3.05, 3.63) is 47.1 Å². The lowest BCUT2D eigenvalue weighted by molar-refractivity contribution is -0.265. The fourth-order valence-electron chi connectivity index (χ4n) is 10.4. The van der Waals surface area contributed by atoms with Crippen molar-refractivity contribution in [1.82, 2.24) is 4.90 Å². The molecule has 66 heavy (non-hydrogen) atoms. The number of rotatable bonds is 6. The Morgan fingerprint density at radius 1 is 0.864 bits per heavy atom. The normalized spacial score (nSPS) is 40.5. The third kappa shape index (κ3) is 14.3. The molecule has 15 atom stereocenters. The third-order valence-electron chi connectivity index (χ3n) is 14.7. The molecule has 1 amide bonds. The molecule has 0 aromatic rings. The number of nitrogens with zero attached hydrogens (tertiary/aromatic N) is 1. The molecular weight excluding hydrogens is 847 g/mol. The molecule has 1 saturated carbocycles. The van der Waals surface area contributed by atoms with Gasteiger partial charge in [0, 0.05) is 58.5 Å². The van der Waals surface area contributed by atoms with E-state index in [0.29, 0.717) is 63.4 Å². The van der Waals surface area contributed by atoms with Crippen molar-refractivity contribution < 1.29 is 63.0 Å². The number of carbonyl (C=O) groups excluding carboxylic acids is 5. The van der Waals surface area contributed by atoms with Gasteiger partial charge in [0.2, 0.25) is 5.79 Å². The largest absolute Gasteiger partial charge is 0.460 e. The van der Waals surface area contributed by atoms with Gasteiger partial charge in [-0.25, -0.2) is 4.79 Å². The first-order valence-corrected chi connectivity index (χ1v) is 24.3. The summed E-state index contributed by atoms with van der Waals surface area (Å²) in [4.78, 5) is 72.0. The molecule has 3 aliphatic heterocycles. The zero-order valence-electron chi connectivity index (χ0n) is 41.5. The number of cyclic esters (lactones) is 1. The van der Waals surface area contributed by atoms with Crippen LogP contribution in [0, 0.1) is 35.5 Å². The minimum Gasteiger partial charge on any atom is -0.460 e. The molecule has 2 bridgehead atoms. The lowest BCUT2D eigenvalue weighted by Crippen LogP contribution is -2.61. The maximum absolute atomic E-state index is 14.4. The highest BCUT2D eigenvalue weighted by Gasteiger charge is 2.53. The molecule has 4 rings (SSSR count). The van der Waals surface area contributed by atoms with Crippen LogP contribution in [0.5, 0.6) is 0 Å². The summed E-state index contributed by atoms with van der Waals surface area (Å²) in [5, 5.41) is 33.9. The average Bonchev–Trinajstić information content (AvgIpc) is 3.28. The highest BCUT2D eigenvalue weighted by atomic mass is 16.6. The van der Waals surface area contributed by atoms with E-state index in [4.69, 9.17) is 23.7 Å². The quantitative estimate of drug-likeness (QED) is 0.147. The monoisotopic (exact) mass is 928 g/mol. The standard InChI is InChI=1S/C52H81NO13/c1-30-15-14-16-31(2)24-35(6)46(56)48(64-11)47(57)36(7)25-32(3)42(55)29-44(34(5)26-38-19-21-41(54)45(27-38)63-10)65-51(60)40-17-12-13-22-53(40)50(59)49(58)52(61)37(8)18-20-39(66-52)28-43(62-9)33(4)23-30/h14-16,23,25,31-32,34-35,37-41,43-45,47-48,54,57,61H,12-13,17-22,24,26-29H2,1-11H3/b16-14+,30-15+,33-23+,36-25+/t31-,32-,34-,35-,37-,38-,39+,40+,41-,43+,44+,45-,47-,48+,52-/m1/s1. The highest BCUT2D eigenvalue weighted by Crippen LogP contribution is 2.38. The molecule has 3 N–H and O–H groups in total. The van der Waals surface area contributed by atoms with Crippen LogP contribution in [0.15, 0.2) is 47.1 Å². The van der Waals surface area contributed by atoms with Crippen molar-refractivity contribution in [2.75, 3.05) is 27.9 Å². The zero-order valence-corrected chi connectivity index (χ0v) is 41.5. The molecule has 3 heterocycles. The first kappa shape index (κ1) is 55.2. The van der Waals surface area contributed by atoms with Gasteiger partial charge in [0.05, 0.1) is 24.4 Å². The molecule has 0 aromatic carbocycles. The van der Waals surface area contributed by atoms with Crippen LogP contribution in [0.2, 0.25) is 0 Å². The minimum absolute atomic E-state index is 0.0141. The number of aliphatic hydroxyl groups is 3. The molecule has 3 fully saturated rings. The van der Waals surface area contributed by atoms with Gasteiger partial charge in [0.25, 0.3) is 11.7 Å². The third-order valence-corrected chi connectivity index (χ3v) is 14.7. The number of methoxy groups -OCH3 is 3. The molecule has 14 nitrogen and oxygen atoms in total. The van der Waals surface area contributed by atoms with Crippen molar-refractivity contribution >= 4 is 29.2 Å². The predicted octanol–water partition coefficient (Wildman–Crippen LogP) is 6.57. The fourth-order valence-corrected chi connectivity index (χ4v) is 10.4. The summed E-state index contributed by atoms with van der Waals surface area (Å²) in [6, 6.07) is -1.14. The van der Waals surface area contributed by atoms with Crippen molar-refractivity contribution in [2.45, 2.75) is 187 Å². The predicted molar refractivity (Wildman–Crippen MR) is 250 cm³/mol. The van der Waals surface area contributed by atoms with E-state index in [1.165, 1.54) is 12.0 Å². The number of ketones is 3. The van der Waals surface area contributed by atoms with Gasteiger partial charge in [-0.15, -0.1) is 0 Å². The molecule has 4 aliphatic rings. The lowest BCUT2D eigenvalue weighted by Gasteiger charge is -2.42. The average molecular weight is 928 g/mol. The SMILES string of the molecule is CO[C@H]1C[C@@H]2CC[C@@H](C)[C@@](O)(O2)C(=O)C(=O)N2CCCC[C@H]2C(=O)O[C@H]([C@H](C)C[C@H]2CC[C@@H](O)[C@H](OC)C2)CC(=O)[C@H](C)/C=C(\C)[C@@H](O)[C@@H](OC)C(=O)[C@H](C)C[C@H](C)/C=C/C=C(C)/C=C/1C. The smallest absolute Gasteiger partial charge is 0.329 e. The summed E-state index contributed by atoms with van der Waals surface area (Å²) in [6.07, 6.45) is 9.51. The van der Waals surface area contributed by atoms with E-state index in [-0.39, 0.29) is 54.8 Å². The number of fused-ring (bicyclic) bond motifs is 3. The molecule has 0 aromatic heterocycles. The van der Waals surface area contributed by atoms with E-state index in [0.717, 1.165) is 17.6 Å². The van der Waals surface area contributed by atoms with Crippen LogP contribution in [0.25, 0.3) is 0 Å². The highest BCUT2D eigenvalue weighted by molar-refractivity contribution is 6.39. The van der Waals surface area contributed by atoms with Gasteiger partial charge >= 0.3 is 5.97 Å². The molecular formula is C52H81NO13. The summed E-state index contributed by atoms with van der Waals surface area (Å²) in [5.74, 6) is -7.98. The van der Waals surface area contributed by atoms with Crippen LogP contribution >= 0.6 is 0 Å². The summed E-state index contributed by atoms with van der Waals surface area (Å²) in [7, 11) is 4.53. The number of allylic oxidation sites excluding steroid dienone is 6. The Kier molecular flexibility index (Phi) is 21.2. The van der Waals surface area contributed by atoms with E-state index in [9.17, 15) is 39.3 Å². The molecule has 14 heteroatoms. The summed E-state index contributed by atoms with van der Waals surface area (Å²) < 4.78 is 29.5. The Labute approximate surface area is 393 Å². The Morgan fingerprint density at radius 3 is 2.24 bits per heavy atom. The van der Waals surface area contributed by atoms with Gasteiger partial charge < -0.3 is 43.9 Å². The van der Waals surface area contributed by atoms with Gasteiger partial charge in [-0.1, -0.05) is 70.6 Å². The van der Waals surface area contributed by atoms with Crippen LogP contribution in [0.3, 0.4) is 0 Å². The first-order chi connectivity index (χ1) is 31.1. The summed E-state index contributed by atoms with van der Waals surface area (Å²) in [6.45, 7) is 14.7. The zero-order chi connectivity index (χ0) is 49.0. The van der Waals surface area contributed by atoms with Crippen LogP contribution in [0.1, 0.15) is 132 Å². The molecule has 0 unspecified atom stereocenters. The van der Waals surface area contributed by atoms with Crippen molar-refractivity contribution in [3.63, 3.8) is 0 Å². The number of hydrogen-bond donors (Lipinski definition) is 3. The molecule has 0 spiro atoms.